The molecule has 0 spiro atoms. The van der Waals surface area contributed by atoms with Gasteiger partial charge >= 0.3 is 6.18 Å². The average Bonchev–Trinajstić information content (AvgIpc) is 3.10. The van der Waals surface area contributed by atoms with Gasteiger partial charge in [-0.05, 0) is 49.9 Å². The maximum Gasteiger partial charge on any atom is 0.416 e. The Balaban J connectivity index is 1.63. The molecule has 1 aromatic carbocycles. The first-order valence-electron chi connectivity index (χ1n) is 10.5. The highest BCUT2D eigenvalue weighted by Gasteiger charge is 2.41. The quantitative estimate of drug-likeness (QED) is 0.487. The second-order valence-electron chi connectivity index (χ2n) is 7.98. The lowest BCUT2D eigenvalue weighted by atomic mass is 9.75. The van der Waals surface area contributed by atoms with E-state index in [0.29, 0.717) is 36.0 Å². The van der Waals surface area contributed by atoms with E-state index in [-0.39, 0.29) is 17.2 Å². The van der Waals surface area contributed by atoms with Crippen LogP contribution in [0.1, 0.15) is 57.1 Å². The van der Waals surface area contributed by atoms with E-state index in [9.17, 15) is 18.0 Å². The van der Waals surface area contributed by atoms with Gasteiger partial charge in [0.2, 0.25) is 5.91 Å². The van der Waals surface area contributed by atoms with Crippen molar-refractivity contribution < 1.29 is 22.7 Å². The van der Waals surface area contributed by atoms with Gasteiger partial charge in [0.05, 0.1) is 17.2 Å². The van der Waals surface area contributed by atoms with E-state index in [1.54, 1.807) is 18.2 Å². The van der Waals surface area contributed by atoms with Gasteiger partial charge in [0.25, 0.3) is 0 Å². The SMILES string of the molecule is CCC(CCC[C@@]1(CC)COc2cc(C(F)(F)F)ccc21)C(=O)Nc1ccc(Cl)cn1. The zero-order valence-electron chi connectivity index (χ0n) is 17.6. The number of carbonyl (C=O) groups is 1. The van der Waals surface area contributed by atoms with Crippen molar-refractivity contribution in [2.75, 3.05) is 11.9 Å². The van der Waals surface area contributed by atoms with Crippen molar-refractivity contribution in [1.29, 1.82) is 0 Å². The Morgan fingerprint density at radius 3 is 2.68 bits per heavy atom. The summed E-state index contributed by atoms with van der Waals surface area (Å²) in [4.78, 5) is 16.7. The zero-order chi connectivity index (χ0) is 22.6. The third kappa shape index (κ3) is 5.32. The number of nitrogens with one attached hydrogen (secondary N) is 1. The smallest absolute Gasteiger partial charge is 0.416 e. The molecule has 31 heavy (non-hydrogen) atoms. The van der Waals surface area contributed by atoms with Gasteiger partial charge in [0.1, 0.15) is 11.6 Å². The Morgan fingerprint density at radius 1 is 1.29 bits per heavy atom. The Hall–Kier alpha value is -2.28. The molecule has 1 aromatic heterocycles. The van der Waals surface area contributed by atoms with Crippen molar-refractivity contribution in [3.8, 4) is 5.75 Å². The van der Waals surface area contributed by atoms with Crippen LogP contribution in [0.15, 0.2) is 36.5 Å². The van der Waals surface area contributed by atoms with E-state index in [1.165, 1.54) is 6.20 Å². The number of ether oxygens (including phenoxy) is 1. The van der Waals surface area contributed by atoms with Crippen LogP contribution in [-0.2, 0) is 16.4 Å². The van der Waals surface area contributed by atoms with Crippen LogP contribution < -0.4 is 10.1 Å². The monoisotopic (exact) mass is 454 g/mol. The summed E-state index contributed by atoms with van der Waals surface area (Å²) in [5.74, 6) is 0.494. The molecule has 0 aliphatic carbocycles. The minimum atomic E-state index is -4.39. The van der Waals surface area contributed by atoms with E-state index >= 15 is 0 Å². The third-order valence-electron chi connectivity index (χ3n) is 6.11. The molecule has 0 fully saturated rings. The predicted octanol–water partition coefficient (Wildman–Crippen LogP) is 6.63. The summed E-state index contributed by atoms with van der Waals surface area (Å²) >= 11 is 5.82. The van der Waals surface area contributed by atoms with Gasteiger partial charge in [-0.3, -0.25) is 4.79 Å². The molecule has 1 unspecified atom stereocenters. The second-order valence-corrected chi connectivity index (χ2v) is 8.42. The number of hydrogen-bond acceptors (Lipinski definition) is 3. The number of hydrogen-bond donors (Lipinski definition) is 1. The molecule has 0 bridgehead atoms. The molecule has 8 heteroatoms. The molecule has 168 valence electrons. The normalized spacial score (nSPS) is 18.9. The maximum atomic E-state index is 13.0. The van der Waals surface area contributed by atoms with Crippen molar-refractivity contribution in [3.05, 3.63) is 52.7 Å². The van der Waals surface area contributed by atoms with Gasteiger partial charge in [0, 0.05) is 23.1 Å². The topological polar surface area (TPSA) is 51.2 Å². The van der Waals surface area contributed by atoms with Crippen molar-refractivity contribution in [2.45, 2.75) is 57.5 Å². The first kappa shape index (κ1) is 23.4. The molecule has 0 radical (unpaired) electrons. The highest BCUT2D eigenvalue weighted by molar-refractivity contribution is 6.30. The fourth-order valence-electron chi connectivity index (χ4n) is 4.11. The molecule has 3 rings (SSSR count). The Kier molecular flexibility index (Phi) is 7.14. The molecule has 1 N–H and O–H groups in total. The van der Waals surface area contributed by atoms with Crippen molar-refractivity contribution >= 4 is 23.3 Å². The lowest BCUT2D eigenvalue weighted by Gasteiger charge is -2.27. The number of amides is 1. The molecule has 1 aliphatic rings. The summed E-state index contributed by atoms with van der Waals surface area (Å²) in [6.45, 7) is 4.34. The number of benzene rings is 1. The van der Waals surface area contributed by atoms with Gasteiger partial charge < -0.3 is 10.1 Å². The zero-order valence-corrected chi connectivity index (χ0v) is 18.3. The molecule has 2 atom stereocenters. The number of halogens is 4. The standard InChI is InChI=1S/C23H26ClF3N2O2/c1-3-15(21(30)29-20-10-8-17(24)13-28-20)6-5-11-22(4-2)14-31-19-12-16(23(25,26)27)7-9-18(19)22/h7-10,12-13,15H,3-6,11,14H2,1-2H3,(H,28,29,30)/t15?,22-/m0/s1. The summed E-state index contributed by atoms with van der Waals surface area (Å²) in [6.07, 6.45) is 0.696. The van der Waals surface area contributed by atoms with Crippen LogP contribution in [0.5, 0.6) is 5.75 Å². The lowest BCUT2D eigenvalue weighted by Crippen LogP contribution is -2.28. The fourth-order valence-corrected chi connectivity index (χ4v) is 4.22. The highest BCUT2D eigenvalue weighted by atomic mass is 35.5. The van der Waals surface area contributed by atoms with Crippen LogP contribution >= 0.6 is 11.6 Å². The van der Waals surface area contributed by atoms with E-state index in [0.717, 1.165) is 37.0 Å². The molecule has 1 aliphatic heterocycles. The van der Waals surface area contributed by atoms with E-state index in [1.807, 2.05) is 13.8 Å². The lowest BCUT2D eigenvalue weighted by molar-refractivity contribution is -0.137. The van der Waals surface area contributed by atoms with Crippen LogP contribution in [0.4, 0.5) is 19.0 Å². The Morgan fingerprint density at radius 2 is 2.06 bits per heavy atom. The minimum Gasteiger partial charge on any atom is -0.492 e. The number of alkyl halides is 3. The summed E-state index contributed by atoms with van der Waals surface area (Å²) < 4.78 is 44.7. The van der Waals surface area contributed by atoms with Gasteiger partial charge in [-0.2, -0.15) is 13.2 Å². The van der Waals surface area contributed by atoms with Crippen molar-refractivity contribution in [1.82, 2.24) is 4.98 Å². The minimum absolute atomic E-state index is 0.0965. The summed E-state index contributed by atoms with van der Waals surface area (Å²) in [6, 6.07) is 7.08. The predicted molar refractivity (Wildman–Crippen MR) is 114 cm³/mol. The van der Waals surface area contributed by atoms with E-state index in [4.69, 9.17) is 16.3 Å². The Bertz CT molecular complexity index is 918. The molecule has 0 saturated carbocycles. The van der Waals surface area contributed by atoms with Gasteiger partial charge in [-0.25, -0.2) is 4.98 Å². The number of rotatable bonds is 8. The number of pyridine rings is 1. The van der Waals surface area contributed by atoms with Gasteiger partial charge in [0.15, 0.2) is 0 Å². The molecular formula is C23H26ClF3N2O2. The summed E-state index contributed by atoms with van der Waals surface area (Å²) in [5.41, 5.74) is -0.200. The maximum absolute atomic E-state index is 13.0. The number of fused-ring (bicyclic) bond motifs is 1. The van der Waals surface area contributed by atoms with Crippen LogP contribution in [0.25, 0.3) is 0 Å². The van der Waals surface area contributed by atoms with Crippen LogP contribution in [0, 0.1) is 5.92 Å². The highest BCUT2D eigenvalue weighted by Crippen LogP contribution is 2.46. The summed E-state index contributed by atoms with van der Waals surface area (Å²) in [5, 5.41) is 3.31. The summed E-state index contributed by atoms with van der Waals surface area (Å²) in [7, 11) is 0. The van der Waals surface area contributed by atoms with Crippen LogP contribution in [0.2, 0.25) is 5.02 Å². The fraction of sp³-hybridized carbons (Fsp3) is 0.478. The molecule has 2 aromatic rings. The van der Waals surface area contributed by atoms with Gasteiger partial charge in [-0.15, -0.1) is 0 Å². The van der Waals surface area contributed by atoms with Gasteiger partial charge in [-0.1, -0.05) is 37.9 Å². The first-order valence-corrected chi connectivity index (χ1v) is 10.8. The largest absolute Gasteiger partial charge is 0.492 e. The van der Waals surface area contributed by atoms with Crippen LogP contribution in [0.3, 0.4) is 0 Å². The molecule has 2 heterocycles. The molecule has 1 amide bonds. The molecule has 4 nitrogen and oxygen atoms in total. The Labute approximate surface area is 185 Å². The number of aromatic nitrogens is 1. The van der Waals surface area contributed by atoms with E-state index in [2.05, 4.69) is 10.3 Å². The second kappa shape index (κ2) is 9.47. The number of nitrogens with zero attached hydrogens (tertiary/aromatic N) is 1. The number of anilines is 1. The van der Waals surface area contributed by atoms with E-state index < -0.39 is 11.7 Å². The average molecular weight is 455 g/mol. The third-order valence-corrected chi connectivity index (χ3v) is 6.33. The number of carbonyl (C=O) groups excluding carboxylic acids is 1. The van der Waals surface area contributed by atoms with Crippen LogP contribution in [-0.4, -0.2) is 17.5 Å². The first-order chi connectivity index (χ1) is 14.7. The molecule has 0 saturated heterocycles. The van der Waals surface area contributed by atoms with Crippen molar-refractivity contribution in [2.24, 2.45) is 5.92 Å². The van der Waals surface area contributed by atoms with Crippen molar-refractivity contribution in [3.63, 3.8) is 0 Å². The molecular weight excluding hydrogens is 429 g/mol.